The van der Waals surface area contributed by atoms with E-state index in [1.807, 2.05) is 0 Å². The van der Waals surface area contributed by atoms with E-state index >= 15 is 0 Å². The van der Waals surface area contributed by atoms with Gasteiger partial charge in [-0.05, 0) is 17.7 Å². The average molecular weight is 394 g/mol. The number of nitrogens with one attached hydrogen (secondary N) is 1. The van der Waals surface area contributed by atoms with Gasteiger partial charge in [-0.25, -0.2) is 0 Å². The SMILES string of the molecule is COC(=O)CC(NC(=O)c1csc([N+](=O)[O-])c1)c1ccc(OC)c(OC)c1. The quantitative estimate of drug-likeness (QED) is 0.415. The Morgan fingerprint density at radius 1 is 1.19 bits per heavy atom. The highest BCUT2D eigenvalue weighted by molar-refractivity contribution is 7.13. The van der Waals surface area contributed by atoms with Crippen LogP contribution in [0.2, 0.25) is 0 Å². The van der Waals surface area contributed by atoms with Gasteiger partial charge in [0.2, 0.25) is 0 Å². The number of hydrogen-bond donors (Lipinski definition) is 1. The van der Waals surface area contributed by atoms with Crippen LogP contribution in [0, 0.1) is 10.1 Å². The number of benzene rings is 1. The number of carbonyl (C=O) groups is 2. The molecule has 9 nitrogen and oxygen atoms in total. The summed E-state index contributed by atoms with van der Waals surface area (Å²) in [6.07, 6.45) is -0.121. The molecule has 1 heterocycles. The lowest BCUT2D eigenvalue weighted by Gasteiger charge is -2.19. The minimum atomic E-state index is -0.719. The van der Waals surface area contributed by atoms with E-state index in [0.717, 1.165) is 11.3 Å². The van der Waals surface area contributed by atoms with Gasteiger partial charge in [-0.2, -0.15) is 0 Å². The number of esters is 1. The first-order valence-corrected chi connectivity index (χ1v) is 8.60. The maximum Gasteiger partial charge on any atom is 0.324 e. The zero-order chi connectivity index (χ0) is 20.0. The number of rotatable bonds is 8. The topological polar surface area (TPSA) is 117 Å². The van der Waals surface area contributed by atoms with Crippen LogP contribution >= 0.6 is 11.3 Å². The molecular weight excluding hydrogens is 376 g/mol. The summed E-state index contributed by atoms with van der Waals surface area (Å²) in [7, 11) is 4.22. The maximum atomic E-state index is 12.5. The summed E-state index contributed by atoms with van der Waals surface area (Å²) in [5.41, 5.74) is 0.734. The molecule has 1 amide bonds. The van der Waals surface area contributed by atoms with Gasteiger partial charge in [0.25, 0.3) is 5.91 Å². The molecule has 0 saturated heterocycles. The van der Waals surface area contributed by atoms with E-state index in [0.29, 0.717) is 17.1 Å². The maximum absolute atomic E-state index is 12.5. The van der Waals surface area contributed by atoms with Crippen molar-refractivity contribution < 1.29 is 28.7 Å². The fourth-order valence-corrected chi connectivity index (χ4v) is 3.06. The van der Waals surface area contributed by atoms with Crippen molar-refractivity contribution >= 4 is 28.2 Å². The van der Waals surface area contributed by atoms with Gasteiger partial charge >= 0.3 is 11.0 Å². The Morgan fingerprint density at radius 2 is 1.89 bits per heavy atom. The molecule has 27 heavy (non-hydrogen) atoms. The van der Waals surface area contributed by atoms with Crippen LogP contribution in [0.3, 0.4) is 0 Å². The summed E-state index contributed by atoms with van der Waals surface area (Å²) in [6, 6.07) is 5.45. The van der Waals surface area contributed by atoms with Crippen molar-refractivity contribution in [1.29, 1.82) is 0 Å². The molecule has 1 atom stereocenters. The largest absolute Gasteiger partial charge is 0.493 e. The van der Waals surface area contributed by atoms with Gasteiger partial charge in [-0.15, -0.1) is 0 Å². The second kappa shape index (κ2) is 8.99. The molecule has 0 radical (unpaired) electrons. The van der Waals surface area contributed by atoms with Crippen LogP contribution in [0.5, 0.6) is 11.5 Å². The zero-order valence-electron chi connectivity index (χ0n) is 14.9. The zero-order valence-corrected chi connectivity index (χ0v) is 15.7. The Labute approximate surface area is 159 Å². The molecule has 144 valence electrons. The second-order valence-electron chi connectivity index (χ2n) is 5.35. The predicted molar refractivity (Wildman–Crippen MR) is 97.4 cm³/mol. The van der Waals surface area contributed by atoms with Crippen LogP contribution in [0.25, 0.3) is 0 Å². The van der Waals surface area contributed by atoms with Crippen LogP contribution in [0.4, 0.5) is 5.00 Å². The third-order valence-electron chi connectivity index (χ3n) is 3.74. The highest BCUT2D eigenvalue weighted by atomic mass is 32.1. The molecular formula is C17H18N2O7S. The molecule has 0 fully saturated rings. The van der Waals surface area contributed by atoms with E-state index in [1.54, 1.807) is 18.2 Å². The molecule has 1 unspecified atom stereocenters. The average Bonchev–Trinajstić information content (AvgIpc) is 3.17. The van der Waals surface area contributed by atoms with E-state index in [2.05, 4.69) is 5.32 Å². The second-order valence-corrected chi connectivity index (χ2v) is 6.24. The molecule has 0 aliphatic carbocycles. The molecule has 10 heteroatoms. The monoisotopic (exact) mass is 394 g/mol. The number of carbonyl (C=O) groups excluding carboxylic acids is 2. The van der Waals surface area contributed by atoms with Gasteiger partial charge in [0, 0.05) is 11.4 Å². The first-order chi connectivity index (χ1) is 12.9. The molecule has 0 aliphatic rings. The van der Waals surface area contributed by atoms with Gasteiger partial charge in [-0.3, -0.25) is 19.7 Å². The summed E-state index contributed by atoms with van der Waals surface area (Å²) >= 11 is 0.850. The molecule has 0 saturated carbocycles. The fourth-order valence-electron chi connectivity index (χ4n) is 2.35. The normalized spacial score (nSPS) is 11.4. The molecule has 0 bridgehead atoms. The first kappa shape index (κ1) is 20.2. The highest BCUT2D eigenvalue weighted by Gasteiger charge is 2.23. The fraction of sp³-hybridized carbons (Fsp3) is 0.294. The lowest BCUT2D eigenvalue weighted by Crippen LogP contribution is -2.30. The van der Waals surface area contributed by atoms with Gasteiger partial charge in [0.05, 0.1) is 44.3 Å². The van der Waals surface area contributed by atoms with Gasteiger partial charge in [0.15, 0.2) is 11.5 Å². The Hall–Kier alpha value is -3.14. The standard InChI is InChI=1S/C17H18N2O7S/c1-24-13-5-4-10(6-14(13)25-2)12(8-16(20)26-3)18-17(21)11-7-15(19(22)23)27-9-11/h4-7,9,12H,8H2,1-3H3,(H,18,21). The van der Waals surface area contributed by atoms with Crippen molar-refractivity contribution in [2.45, 2.75) is 12.5 Å². The van der Waals surface area contributed by atoms with Gasteiger partial charge in [0.1, 0.15) is 0 Å². The lowest BCUT2D eigenvalue weighted by atomic mass is 10.0. The van der Waals surface area contributed by atoms with Crippen molar-refractivity contribution in [2.75, 3.05) is 21.3 Å². The summed E-state index contributed by atoms with van der Waals surface area (Å²) in [5, 5.41) is 14.7. The summed E-state index contributed by atoms with van der Waals surface area (Å²) in [5.74, 6) is -0.127. The minimum Gasteiger partial charge on any atom is -0.493 e. The third-order valence-corrected chi connectivity index (χ3v) is 4.62. The Kier molecular flexibility index (Phi) is 6.72. The van der Waals surface area contributed by atoms with E-state index in [-0.39, 0.29) is 17.0 Å². The van der Waals surface area contributed by atoms with Crippen LogP contribution in [-0.2, 0) is 9.53 Å². The van der Waals surface area contributed by atoms with Crippen molar-refractivity contribution in [3.05, 3.63) is 50.9 Å². The summed E-state index contributed by atoms with van der Waals surface area (Å²) < 4.78 is 15.1. The van der Waals surface area contributed by atoms with Crippen LogP contribution in [0.1, 0.15) is 28.4 Å². The first-order valence-electron chi connectivity index (χ1n) is 7.72. The van der Waals surface area contributed by atoms with E-state index in [1.165, 1.54) is 32.8 Å². The van der Waals surface area contributed by atoms with Gasteiger partial charge < -0.3 is 19.5 Å². The molecule has 1 aromatic carbocycles. The smallest absolute Gasteiger partial charge is 0.324 e. The molecule has 1 N–H and O–H groups in total. The van der Waals surface area contributed by atoms with E-state index in [9.17, 15) is 19.7 Å². The van der Waals surface area contributed by atoms with Crippen molar-refractivity contribution in [1.82, 2.24) is 5.32 Å². The molecule has 0 spiro atoms. The third kappa shape index (κ3) is 4.94. The number of methoxy groups -OCH3 is 3. The number of thiophene rings is 1. The van der Waals surface area contributed by atoms with Crippen LogP contribution < -0.4 is 14.8 Å². The summed E-state index contributed by atoms with van der Waals surface area (Å²) in [6.45, 7) is 0. The summed E-state index contributed by atoms with van der Waals surface area (Å²) in [4.78, 5) is 34.5. The number of amides is 1. The van der Waals surface area contributed by atoms with Crippen molar-refractivity contribution in [2.24, 2.45) is 0 Å². The molecule has 1 aromatic heterocycles. The number of nitro groups is 1. The Balaban J connectivity index is 2.29. The van der Waals surface area contributed by atoms with E-state index < -0.39 is 22.8 Å². The van der Waals surface area contributed by atoms with Crippen molar-refractivity contribution in [3.63, 3.8) is 0 Å². The minimum absolute atomic E-state index is 0.121. The lowest BCUT2D eigenvalue weighted by molar-refractivity contribution is -0.380. The van der Waals surface area contributed by atoms with E-state index in [4.69, 9.17) is 14.2 Å². The number of hydrogen-bond acceptors (Lipinski definition) is 8. The molecule has 2 rings (SSSR count). The number of ether oxygens (including phenoxy) is 3. The molecule has 2 aromatic rings. The van der Waals surface area contributed by atoms with Crippen molar-refractivity contribution in [3.8, 4) is 11.5 Å². The van der Waals surface area contributed by atoms with Gasteiger partial charge in [-0.1, -0.05) is 17.4 Å². The molecule has 0 aliphatic heterocycles. The Bertz CT molecular complexity index is 850. The highest BCUT2D eigenvalue weighted by Crippen LogP contribution is 2.31. The predicted octanol–water partition coefficient (Wildman–Crippen LogP) is 2.71. The van der Waals surface area contributed by atoms with Crippen LogP contribution in [0.15, 0.2) is 29.6 Å². The number of nitrogens with zero attached hydrogens (tertiary/aromatic N) is 1. The van der Waals surface area contributed by atoms with Crippen LogP contribution in [-0.4, -0.2) is 38.1 Å². The Morgan fingerprint density at radius 3 is 2.44 bits per heavy atom.